The van der Waals surface area contributed by atoms with E-state index >= 15 is 0 Å². The Morgan fingerprint density at radius 3 is 2.44 bits per heavy atom. The number of fused-ring (bicyclic) bond motifs is 1. The van der Waals surface area contributed by atoms with Crippen molar-refractivity contribution in [3.8, 4) is 0 Å². The number of ketones is 1. The minimum atomic E-state index is -4.50. The molecule has 1 aliphatic rings. The predicted octanol–water partition coefficient (Wildman–Crippen LogP) is 3.62. The maximum absolute atomic E-state index is 13.3. The van der Waals surface area contributed by atoms with Crippen molar-refractivity contribution in [2.24, 2.45) is 5.73 Å². The third kappa shape index (κ3) is 5.02. The fourth-order valence-electron chi connectivity index (χ4n) is 4.02. The lowest BCUT2D eigenvalue weighted by atomic mass is 10.1. The lowest BCUT2D eigenvalue weighted by Crippen LogP contribution is -2.46. The summed E-state index contributed by atoms with van der Waals surface area (Å²) in [7, 11) is 3.55. The molecule has 0 saturated carbocycles. The molecule has 0 radical (unpaired) electrons. The van der Waals surface area contributed by atoms with Crippen LogP contribution in [0.4, 0.5) is 24.5 Å². The highest BCUT2D eigenvalue weighted by atomic mass is 19.4. The Labute approximate surface area is 205 Å². The highest BCUT2D eigenvalue weighted by Crippen LogP contribution is 2.32. The maximum atomic E-state index is 13.3. The summed E-state index contributed by atoms with van der Waals surface area (Å²) in [6, 6.07) is 12.1. The molecule has 11 heteroatoms. The van der Waals surface area contributed by atoms with Crippen LogP contribution in [0.1, 0.15) is 42.9 Å². The monoisotopic (exact) mass is 499 g/mol. The second-order valence-corrected chi connectivity index (χ2v) is 8.71. The van der Waals surface area contributed by atoms with Crippen molar-refractivity contribution in [1.29, 1.82) is 0 Å². The number of benzene rings is 2. The smallest absolute Gasteiger partial charge is 0.325 e. The summed E-state index contributed by atoms with van der Waals surface area (Å²) < 4.78 is 40.3. The largest absolute Gasteiger partial charge is 0.416 e. The van der Waals surface area contributed by atoms with E-state index in [0.717, 1.165) is 12.1 Å². The molecule has 0 aliphatic carbocycles. The number of likely N-dealkylation sites (N-methyl/N-ethyl adjacent to an activating group) is 1. The SMILES string of the molecule is CN(C)CC(=O)c1cccc(NC(=O)c2ccn3c2C(=O)N(c2ccc(C(F)(F)F)cc2)C[C@@H]3N)c1. The fraction of sp³-hybridized carbons (Fsp3) is 0.240. The molecular formula is C25H24F3N5O3. The Bertz CT molecular complexity index is 1320. The van der Waals surface area contributed by atoms with Gasteiger partial charge in [0.25, 0.3) is 11.8 Å². The van der Waals surface area contributed by atoms with E-state index in [0.29, 0.717) is 11.3 Å². The molecule has 2 amide bonds. The predicted molar refractivity (Wildman–Crippen MR) is 128 cm³/mol. The highest BCUT2D eigenvalue weighted by Gasteiger charge is 2.35. The third-order valence-corrected chi connectivity index (χ3v) is 5.74. The van der Waals surface area contributed by atoms with Gasteiger partial charge < -0.3 is 25.4 Å². The van der Waals surface area contributed by atoms with Gasteiger partial charge in [0, 0.05) is 23.1 Å². The lowest BCUT2D eigenvalue weighted by Gasteiger charge is -2.33. The third-order valence-electron chi connectivity index (χ3n) is 5.74. The van der Waals surface area contributed by atoms with E-state index < -0.39 is 29.7 Å². The van der Waals surface area contributed by atoms with Gasteiger partial charge in [-0.1, -0.05) is 12.1 Å². The highest BCUT2D eigenvalue weighted by molar-refractivity contribution is 6.16. The molecule has 0 bridgehead atoms. The van der Waals surface area contributed by atoms with Crippen LogP contribution in [0.2, 0.25) is 0 Å². The number of nitrogens with two attached hydrogens (primary N) is 1. The number of amides is 2. The number of hydrogen-bond donors (Lipinski definition) is 2. The normalized spacial score (nSPS) is 15.7. The number of aromatic nitrogens is 1. The summed E-state index contributed by atoms with van der Waals surface area (Å²) in [4.78, 5) is 41.8. The van der Waals surface area contributed by atoms with Gasteiger partial charge in [-0.3, -0.25) is 14.4 Å². The van der Waals surface area contributed by atoms with Crippen LogP contribution in [0.5, 0.6) is 0 Å². The number of carbonyl (C=O) groups excluding carboxylic acids is 3. The molecule has 1 atom stereocenters. The van der Waals surface area contributed by atoms with Gasteiger partial charge in [-0.25, -0.2) is 0 Å². The maximum Gasteiger partial charge on any atom is 0.416 e. The molecule has 3 aromatic rings. The summed E-state index contributed by atoms with van der Waals surface area (Å²) in [6.07, 6.45) is -3.70. The number of carbonyl (C=O) groups is 3. The first-order chi connectivity index (χ1) is 17.0. The first-order valence-corrected chi connectivity index (χ1v) is 11.0. The van der Waals surface area contributed by atoms with Gasteiger partial charge >= 0.3 is 6.18 Å². The number of Topliss-reactive ketones (excluding diaryl/α,β-unsaturated/α-hetero) is 1. The summed E-state index contributed by atoms with van der Waals surface area (Å²) in [6.45, 7) is 0.222. The number of nitrogens with one attached hydrogen (secondary N) is 1. The lowest BCUT2D eigenvalue weighted by molar-refractivity contribution is -0.137. The molecule has 188 valence electrons. The average Bonchev–Trinajstić information content (AvgIpc) is 3.27. The summed E-state index contributed by atoms with van der Waals surface area (Å²) in [5.74, 6) is -1.28. The van der Waals surface area contributed by atoms with Crippen molar-refractivity contribution in [1.82, 2.24) is 9.47 Å². The second kappa shape index (κ2) is 9.59. The van der Waals surface area contributed by atoms with Gasteiger partial charge in [0.2, 0.25) is 0 Å². The van der Waals surface area contributed by atoms with Gasteiger partial charge in [0.15, 0.2) is 5.78 Å². The molecule has 2 heterocycles. The zero-order valence-electron chi connectivity index (χ0n) is 19.5. The Balaban J connectivity index is 1.59. The number of alkyl halides is 3. The number of halogens is 3. The van der Waals surface area contributed by atoms with Gasteiger partial charge in [-0.05, 0) is 56.6 Å². The minimum Gasteiger partial charge on any atom is -0.325 e. The van der Waals surface area contributed by atoms with Crippen molar-refractivity contribution < 1.29 is 27.6 Å². The fourth-order valence-corrected chi connectivity index (χ4v) is 4.02. The first kappa shape index (κ1) is 25.1. The zero-order chi connectivity index (χ0) is 26.2. The van der Waals surface area contributed by atoms with Crippen molar-refractivity contribution in [3.63, 3.8) is 0 Å². The van der Waals surface area contributed by atoms with E-state index in [9.17, 15) is 27.6 Å². The van der Waals surface area contributed by atoms with E-state index in [2.05, 4.69) is 5.32 Å². The summed E-state index contributed by atoms with van der Waals surface area (Å²) in [5.41, 5.74) is 6.47. The molecule has 1 aliphatic heterocycles. The van der Waals surface area contributed by atoms with Crippen LogP contribution < -0.4 is 16.0 Å². The number of hydrogen-bond acceptors (Lipinski definition) is 5. The van der Waals surface area contributed by atoms with Crippen molar-refractivity contribution in [3.05, 3.63) is 83.2 Å². The molecule has 3 N–H and O–H groups in total. The average molecular weight is 499 g/mol. The summed E-state index contributed by atoms with van der Waals surface area (Å²) in [5, 5.41) is 2.70. The van der Waals surface area contributed by atoms with E-state index in [1.807, 2.05) is 0 Å². The van der Waals surface area contributed by atoms with Gasteiger partial charge in [0.05, 0.1) is 30.4 Å². The van der Waals surface area contributed by atoms with Gasteiger partial charge in [-0.15, -0.1) is 0 Å². The molecule has 2 aromatic carbocycles. The van der Waals surface area contributed by atoms with E-state index in [1.165, 1.54) is 33.9 Å². The van der Waals surface area contributed by atoms with Crippen LogP contribution in [-0.4, -0.2) is 54.2 Å². The van der Waals surface area contributed by atoms with E-state index in [1.54, 1.807) is 43.3 Å². The van der Waals surface area contributed by atoms with Crippen LogP contribution in [-0.2, 0) is 6.18 Å². The van der Waals surface area contributed by atoms with E-state index in [4.69, 9.17) is 5.73 Å². The topological polar surface area (TPSA) is 101 Å². The number of anilines is 2. The van der Waals surface area contributed by atoms with Crippen molar-refractivity contribution in [2.45, 2.75) is 12.3 Å². The first-order valence-electron chi connectivity index (χ1n) is 11.0. The molecule has 0 spiro atoms. The molecule has 0 saturated heterocycles. The second-order valence-electron chi connectivity index (χ2n) is 8.71. The molecule has 0 unspecified atom stereocenters. The Hall–Kier alpha value is -3.96. The van der Waals surface area contributed by atoms with Crippen LogP contribution in [0.25, 0.3) is 0 Å². The van der Waals surface area contributed by atoms with Crippen LogP contribution in [0, 0.1) is 0 Å². The standard InChI is InChI=1S/C25H24F3N5O3/c1-31(2)13-20(34)15-4-3-5-17(12-15)30-23(35)19-10-11-32-21(29)14-33(24(36)22(19)32)18-8-6-16(7-9-18)25(26,27)28/h3-12,21H,13-14,29H2,1-2H3,(H,30,35)/t21-/m1/s1. The Morgan fingerprint density at radius 1 is 1.11 bits per heavy atom. The number of nitrogens with zero attached hydrogens (tertiary/aromatic N) is 3. The van der Waals surface area contributed by atoms with Crippen molar-refractivity contribution in [2.75, 3.05) is 37.4 Å². The zero-order valence-corrected chi connectivity index (χ0v) is 19.5. The molecule has 36 heavy (non-hydrogen) atoms. The molecule has 8 nitrogen and oxygen atoms in total. The summed E-state index contributed by atoms with van der Waals surface area (Å²) >= 11 is 0. The van der Waals surface area contributed by atoms with Crippen LogP contribution in [0.15, 0.2) is 60.8 Å². The Kier molecular flexibility index (Phi) is 6.70. The van der Waals surface area contributed by atoms with Crippen LogP contribution >= 0.6 is 0 Å². The quantitative estimate of drug-likeness (QED) is 0.505. The minimum absolute atomic E-state index is 0.0168. The van der Waals surface area contributed by atoms with Crippen LogP contribution in [0.3, 0.4) is 0 Å². The van der Waals surface area contributed by atoms with Crippen molar-refractivity contribution >= 4 is 29.0 Å². The van der Waals surface area contributed by atoms with E-state index in [-0.39, 0.29) is 35.8 Å². The number of rotatable bonds is 6. The molecule has 0 fully saturated rings. The molecular weight excluding hydrogens is 475 g/mol. The van der Waals surface area contributed by atoms with Gasteiger partial charge in [0.1, 0.15) is 5.69 Å². The molecule has 1 aromatic heterocycles. The van der Waals surface area contributed by atoms with Gasteiger partial charge in [-0.2, -0.15) is 13.2 Å². The Morgan fingerprint density at radius 2 is 1.81 bits per heavy atom. The molecule has 4 rings (SSSR count).